The normalized spacial score (nSPS) is 15.4. The molecule has 0 aliphatic carbocycles. The Morgan fingerprint density at radius 3 is 2.74 bits per heavy atom. The highest BCUT2D eigenvalue weighted by Crippen LogP contribution is 2.32. The number of anilines is 1. The number of thiocarbonyl (C=S) groups is 1. The summed E-state index contributed by atoms with van der Waals surface area (Å²) in [5.74, 6) is -1.29. The molecule has 0 atom stereocenters. The molecule has 7 nitrogen and oxygen atoms in total. The number of carbonyl (C=O) groups excluding carboxylic acids is 2. The van der Waals surface area contributed by atoms with Crippen molar-refractivity contribution in [3.63, 3.8) is 0 Å². The Balaban J connectivity index is 1.61. The van der Waals surface area contributed by atoms with Crippen LogP contribution in [0.4, 0.5) is 5.69 Å². The van der Waals surface area contributed by atoms with Gasteiger partial charge in [-0.15, -0.1) is 0 Å². The number of rotatable bonds is 6. The lowest BCUT2D eigenvalue weighted by Gasteiger charge is -2.14. The average molecular weight is 402 g/mol. The molecule has 0 saturated carbocycles. The SMILES string of the molecule is O=C(CCN1C(=O)/C(=C/c2ccco2)SC1=S)Nc1ccccc1C(=O)O. The predicted octanol–water partition coefficient (Wildman–Crippen LogP) is 3.21. The molecule has 0 unspecified atom stereocenters. The molecule has 1 saturated heterocycles. The number of carboxylic acids is 1. The van der Waals surface area contributed by atoms with Gasteiger partial charge >= 0.3 is 5.97 Å². The monoisotopic (exact) mass is 402 g/mol. The van der Waals surface area contributed by atoms with E-state index in [4.69, 9.17) is 21.7 Å². The Morgan fingerprint density at radius 2 is 2.04 bits per heavy atom. The van der Waals surface area contributed by atoms with Crippen molar-refractivity contribution in [1.29, 1.82) is 0 Å². The first-order chi connectivity index (χ1) is 13.0. The van der Waals surface area contributed by atoms with Gasteiger partial charge in [0, 0.05) is 19.0 Å². The molecule has 27 heavy (non-hydrogen) atoms. The van der Waals surface area contributed by atoms with Crippen molar-refractivity contribution in [2.24, 2.45) is 0 Å². The van der Waals surface area contributed by atoms with Crippen LogP contribution in [0.3, 0.4) is 0 Å². The van der Waals surface area contributed by atoms with E-state index < -0.39 is 11.9 Å². The van der Waals surface area contributed by atoms with Gasteiger partial charge in [0.2, 0.25) is 5.91 Å². The van der Waals surface area contributed by atoms with Crippen LogP contribution in [0, 0.1) is 0 Å². The molecule has 138 valence electrons. The number of para-hydroxylation sites is 1. The summed E-state index contributed by atoms with van der Waals surface area (Å²) >= 11 is 6.36. The van der Waals surface area contributed by atoms with Crippen LogP contribution in [-0.4, -0.2) is 38.7 Å². The van der Waals surface area contributed by atoms with Crippen molar-refractivity contribution < 1.29 is 23.9 Å². The fraction of sp³-hybridized carbons (Fsp3) is 0.111. The van der Waals surface area contributed by atoms with Crippen molar-refractivity contribution in [3.8, 4) is 0 Å². The van der Waals surface area contributed by atoms with Crippen LogP contribution < -0.4 is 5.32 Å². The van der Waals surface area contributed by atoms with Gasteiger partial charge in [-0.3, -0.25) is 14.5 Å². The van der Waals surface area contributed by atoms with E-state index in [1.165, 1.54) is 23.3 Å². The number of hydrogen-bond donors (Lipinski definition) is 2. The fourth-order valence-electron chi connectivity index (χ4n) is 2.40. The molecule has 1 aromatic carbocycles. The van der Waals surface area contributed by atoms with Crippen molar-refractivity contribution >= 4 is 57.8 Å². The molecule has 1 aromatic heterocycles. The predicted molar refractivity (Wildman–Crippen MR) is 105 cm³/mol. The summed E-state index contributed by atoms with van der Waals surface area (Å²) in [6.07, 6.45) is 3.09. The molecule has 0 spiro atoms. The summed E-state index contributed by atoms with van der Waals surface area (Å²) in [4.78, 5) is 37.6. The minimum absolute atomic E-state index is 0.00200. The number of nitrogens with one attached hydrogen (secondary N) is 1. The largest absolute Gasteiger partial charge is 0.478 e. The van der Waals surface area contributed by atoms with E-state index in [-0.39, 0.29) is 30.1 Å². The molecule has 2 amide bonds. The zero-order chi connectivity index (χ0) is 19.4. The Kier molecular flexibility index (Phi) is 5.72. The number of carbonyl (C=O) groups is 3. The van der Waals surface area contributed by atoms with E-state index in [1.807, 2.05) is 0 Å². The molecule has 2 aromatic rings. The highest BCUT2D eigenvalue weighted by molar-refractivity contribution is 8.26. The molecule has 0 bridgehead atoms. The molecular formula is C18H14N2O5S2. The van der Waals surface area contributed by atoms with Crippen LogP contribution in [0.2, 0.25) is 0 Å². The minimum Gasteiger partial charge on any atom is -0.478 e. The molecule has 1 aliphatic heterocycles. The first-order valence-electron chi connectivity index (χ1n) is 7.87. The van der Waals surface area contributed by atoms with Crippen LogP contribution >= 0.6 is 24.0 Å². The van der Waals surface area contributed by atoms with Crippen molar-refractivity contribution in [2.45, 2.75) is 6.42 Å². The third kappa shape index (κ3) is 4.44. The molecule has 2 heterocycles. The molecule has 1 aliphatic rings. The Hall–Kier alpha value is -2.91. The smallest absolute Gasteiger partial charge is 0.337 e. The van der Waals surface area contributed by atoms with E-state index in [0.29, 0.717) is 15.0 Å². The molecule has 0 radical (unpaired) electrons. The lowest BCUT2D eigenvalue weighted by molar-refractivity contribution is -0.122. The van der Waals surface area contributed by atoms with Gasteiger partial charge in [-0.2, -0.15) is 0 Å². The van der Waals surface area contributed by atoms with Crippen LogP contribution in [0.5, 0.6) is 0 Å². The van der Waals surface area contributed by atoms with Crippen molar-refractivity contribution in [1.82, 2.24) is 4.90 Å². The van der Waals surface area contributed by atoms with E-state index >= 15 is 0 Å². The maximum Gasteiger partial charge on any atom is 0.337 e. The molecule has 2 N–H and O–H groups in total. The second-order valence-electron chi connectivity index (χ2n) is 5.50. The van der Waals surface area contributed by atoms with Gasteiger partial charge in [0.15, 0.2) is 0 Å². The quantitative estimate of drug-likeness (QED) is 0.565. The molecule has 3 rings (SSSR count). The summed E-state index contributed by atoms with van der Waals surface area (Å²) in [6.45, 7) is 0.0984. The first-order valence-corrected chi connectivity index (χ1v) is 9.09. The highest BCUT2D eigenvalue weighted by atomic mass is 32.2. The second-order valence-corrected chi connectivity index (χ2v) is 7.17. The topological polar surface area (TPSA) is 99.9 Å². The zero-order valence-corrected chi connectivity index (χ0v) is 15.5. The zero-order valence-electron chi connectivity index (χ0n) is 13.9. The van der Waals surface area contributed by atoms with Gasteiger partial charge in [-0.05, 0) is 24.3 Å². The summed E-state index contributed by atoms with van der Waals surface area (Å²) in [7, 11) is 0. The van der Waals surface area contributed by atoms with Gasteiger partial charge in [-0.25, -0.2) is 4.79 Å². The molecule has 9 heteroatoms. The number of thioether (sulfide) groups is 1. The number of amides is 2. The molecular weight excluding hydrogens is 388 g/mol. The van der Waals surface area contributed by atoms with Gasteiger partial charge < -0.3 is 14.8 Å². The highest BCUT2D eigenvalue weighted by Gasteiger charge is 2.32. The van der Waals surface area contributed by atoms with E-state index in [2.05, 4.69) is 5.32 Å². The summed E-state index contributed by atoms with van der Waals surface area (Å²) in [5.41, 5.74) is 0.205. The van der Waals surface area contributed by atoms with Gasteiger partial charge in [0.1, 0.15) is 10.1 Å². The van der Waals surface area contributed by atoms with E-state index in [1.54, 1.807) is 30.3 Å². The number of hydrogen-bond acceptors (Lipinski definition) is 6. The third-order valence-corrected chi connectivity index (χ3v) is 5.06. The average Bonchev–Trinajstić information content (AvgIpc) is 3.23. The van der Waals surface area contributed by atoms with Crippen molar-refractivity contribution in [2.75, 3.05) is 11.9 Å². The Bertz CT molecular complexity index is 937. The third-order valence-electron chi connectivity index (χ3n) is 3.68. The number of aromatic carboxylic acids is 1. The van der Waals surface area contributed by atoms with Crippen LogP contribution in [-0.2, 0) is 9.59 Å². The fourth-order valence-corrected chi connectivity index (χ4v) is 3.69. The van der Waals surface area contributed by atoms with Crippen molar-refractivity contribution in [3.05, 3.63) is 58.9 Å². The number of carboxylic acid groups (broad SMARTS) is 1. The Morgan fingerprint density at radius 1 is 1.26 bits per heavy atom. The number of furan rings is 1. The van der Waals surface area contributed by atoms with E-state index in [9.17, 15) is 14.4 Å². The van der Waals surface area contributed by atoms with Crippen LogP contribution in [0.25, 0.3) is 6.08 Å². The first kappa shape index (κ1) is 18.9. The van der Waals surface area contributed by atoms with Crippen LogP contribution in [0.1, 0.15) is 22.5 Å². The summed E-state index contributed by atoms with van der Waals surface area (Å²) in [5, 5.41) is 11.7. The Labute approximate surface area is 164 Å². The maximum absolute atomic E-state index is 12.5. The second kappa shape index (κ2) is 8.19. The minimum atomic E-state index is -1.13. The number of nitrogens with zero attached hydrogens (tertiary/aromatic N) is 1. The lowest BCUT2D eigenvalue weighted by atomic mass is 10.2. The lowest BCUT2D eigenvalue weighted by Crippen LogP contribution is -2.31. The summed E-state index contributed by atoms with van der Waals surface area (Å²) < 4.78 is 5.55. The summed E-state index contributed by atoms with van der Waals surface area (Å²) in [6, 6.07) is 9.55. The van der Waals surface area contributed by atoms with Gasteiger partial charge in [0.25, 0.3) is 5.91 Å². The maximum atomic E-state index is 12.5. The number of benzene rings is 1. The standard InChI is InChI=1S/C18H14N2O5S2/c21-15(19-13-6-2-1-5-12(13)17(23)24)7-8-20-16(22)14(27-18(20)26)10-11-4-3-9-25-11/h1-6,9-10H,7-8H2,(H,19,21)(H,23,24)/b14-10-. The van der Waals surface area contributed by atoms with Gasteiger partial charge in [0.05, 0.1) is 22.4 Å². The van der Waals surface area contributed by atoms with Gasteiger partial charge in [-0.1, -0.05) is 36.1 Å². The molecule has 1 fully saturated rings. The van der Waals surface area contributed by atoms with E-state index in [0.717, 1.165) is 11.8 Å². The van der Waals surface area contributed by atoms with Crippen LogP contribution in [0.15, 0.2) is 52.0 Å².